The van der Waals surface area contributed by atoms with Crippen LogP contribution >= 0.6 is 12.2 Å². The van der Waals surface area contributed by atoms with Crippen molar-refractivity contribution in [2.24, 2.45) is 0 Å². The highest BCUT2D eigenvalue weighted by atomic mass is 32.1. The summed E-state index contributed by atoms with van der Waals surface area (Å²) < 4.78 is 0. The molecule has 0 bridgehead atoms. The molecule has 2 N–H and O–H groups in total. The van der Waals surface area contributed by atoms with E-state index in [2.05, 4.69) is 20.5 Å². The molecule has 0 aromatic carbocycles. The van der Waals surface area contributed by atoms with Gasteiger partial charge in [0.2, 0.25) is 0 Å². The number of hydrogen-bond donors (Lipinski definition) is 2. The summed E-state index contributed by atoms with van der Waals surface area (Å²) in [4.78, 5) is 6.91. The van der Waals surface area contributed by atoms with E-state index in [0.29, 0.717) is 5.11 Å². The summed E-state index contributed by atoms with van der Waals surface area (Å²) in [6, 6.07) is 5.87. The molecule has 5 heteroatoms. The van der Waals surface area contributed by atoms with E-state index in [4.69, 9.17) is 12.2 Å². The predicted molar refractivity (Wildman–Crippen MR) is 88.1 cm³/mol. The smallest absolute Gasteiger partial charge is 0.171 e. The second kappa shape index (κ2) is 8.17. The van der Waals surface area contributed by atoms with Gasteiger partial charge in [-0.05, 0) is 70.2 Å². The highest BCUT2D eigenvalue weighted by molar-refractivity contribution is 7.80. The Morgan fingerprint density at radius 2 is 2.10 bits per heavy atom. The predicted octanol–water partition coefficient (Wildman–Crippen LogP) is 2.55. The lowest BCUT2D eigenvalue weighted by Gasteiger charge is -2.26. The maximum Gasteiger partial charge on any atom is 0.171 e. The van der Waals surface area contributed by atoms with Gasteiger partial charge in [0.1, 0.15) is 5.82 Å². The third kappa shape index (κ3) is 5.43. The van der Waals surface area contributed by atoms with E-state index in [9.17, 15) is 0 Å². The van der Waals surface area contributed by atoms with Crippen molar-refractivity contribution < 1.29 is 0 Å². The molecule has 1 aromatic heterocycles. The Kier molecular flexibility index (Phi) is 6.21. The van der Waals surface area contributed by atoms with Gasteiger partial charge in [0.25, 0.3) is 0 Å². The average Bonchev–Trinajstić information content (AvgIpc) is 2.45. The summed E-state index contributed by atoms with van der Waals surface area (Å²) in [5.74, 6) is 0.804. The van der Waals surface area contributed by atoms with Crippen molar-refractivity contribution in [3.63, 3.8) is 0 Å². The number of aryl methyl sites for hydroxylation is 1. The maximum absolute atomic E-state index is 5.27. The molecule has 0 spiro atoms. The van der Waals surface area contributed by atoms with Crippen LogP contribution in [0.4, 0.5) is 5.82 Å². The Hall–Kier alpha value is -1.20. The lowest BCUT2D eigenvalue weighted by molar-refractivity contribution is 0.227. The molecule has 1 aliphatic rings. The van der Waals surface area contributed by atoms with Crippen molar-refractivity contribution >= 4 is 23.1 Å². The zero-order valence-corrected chi connectivity index (χ0v) is 13.0. The zero-order valence-electron chi connectivity index (χ0n) is 12.2. The van der Waals surface area contributed by atoms with Crippen LogP contribution in [0, 0.1) is 6.92 Å². The van der Waals surface area contributed by atoms with Gasteiger partial charge in [-0.15, -0.1) is 0 Å². The molecule has 1 saturated heterocycles. The first-order chi connectivity index (χ1) is 9.74. The van der Waals surface area contributed by atoms with Crippen LogP contribution in [-0.2, 0) is 0 Å². The van der Waals surface area contributed by atoms with Crippen LogP contribution < -0.4 is 10.6 Å². The number of piperidine rings is 1. The third-order valence-electron chi connectivity index (χ3n) is 3.52. The van der Waals surface area contributed by atoms with Gasteiger partial charge in [-0.25, -0.2) is 4.98 Å². The van der Waals surface area contributed by atoms with Crippen molar-refractivity contribution in [3.8, 4) is 0 Å². The van der Waals surface area contributed by atoms with Crippen molar-refractivity contribution in [1.82, 2.24) is 15.2 Å². The van der Waals surface area contributed by atoms with Gasteiger partial charge >= 0.3 is 0 Å². The summed E-state index contributed by atoms with van der Waals surface area (Å²) >= 11 is 5.27. The van der Waals surface area contributed by atoms with Crippen molar-refractivity contribution in [2.45, 2.75) is 32.6 Å². The molecule has 4 nitrogen and oxygen atoms in total. The third-order valence-corrected chi connectivity index (χ3v) is 3.76. The van der Waals surface area contributed by atoms with Crippen molar-refractivity contribution in [2.75, 3.05) is 31.5 Å². The highest BCUT2D eigenvalue weighted by Gasteiger charge is 2.08. The number of aromatic nitrogens is 1. The minimum Gasteiger partial charge on any atom is -0.362 e. The molecule has 0 saturated carbocycles. The number of pyridine rings is 1. The molecular formula is C15H24N4S. The first kappa shape index (κ1) is 15.2. The Morgan fingerprint density at radius 3 is 2.85 bits per heavy atom. The minimum absolute atomic E-state index is 0.654. The van der Waals surface area contributed by atoms with Gasteiger partial charge in [-0.3, -0.25) is 0 Å². The molecule has 0 atom stereocenters. The highest BCUT2D eigenvalue weighted by Crippen LogP contribution is 2.08. The second-order valence-corrected chi connectivity index (χ2v) is 5.71. The summed E-state index contributed by atoms with van der Waals surface area (Å²) in [6.07, 6.45) is 5.23. The topological polar surface area (TPSA) is 40.2 Å². The number of nitrogens with one attached hydrogen (secondary N) is 2. The van der Waals surface area contributed by atoms with E-state index < -0.39 is 0 Å². The number of rotatable bonds is 5. The lowest BCUT2D eigenvalue weighted by atomic mass is 10.1. The SMILES string of the molecule is Cc1cccc(NC(=S)NCCCN2CCCCC2)n1. The molecule has 2 rings (SSSR count). The quantitative estimate of drug-likeness (QED) is 0.645. The van der Waals surface area contributed by atoms with Crippen LogP contribution in [-0.4, -0.2) is 41.2 Å². The molecule has 0 unspecified atom stereocenters. The van der Waals surface area contributed by atoms with Crippen LogP contribution in [0.2, 0.25) is 0 Å². The number of likely N-dealkylation sites (tertiary alicyclic amines) is 1. The van der Waals surface area contributed by atoms with Crippen LogP contribution in [0.1, 0.15) is 31.4 Å². The number of hydrogen-bond acceptors (Lipinski definition) is 3. The van der Waals surface area contributed by atoms with Crippen molar-refractivity contribution in [1.29, 1.82) is 0 Å². The van der Waals surface area contributed by atoms with E-state index in [1.807, 2.05) is 25.1 Å². The van der Waals surface area contributed by atoms with Crippen LogP contribution in [0.5, 0.6) is 0 Å². The van der Waals surface area contributed by atoms with Gasteiger partial charge in [-0.1, -0.05) is 12.5 Å². The Bertz CT molecular complexity index is 430. The van der Waals surface area contributed by atoms with Gasteiger partial charge in [0.15, 0.2) is 5.11 Å². The number of thiocarbonyl (C=S) groups is 1. The van der Waals surface area contributed by atoms with Crippen LogP contribution in [0.15, 0.2) is 18.2 Å². The summed E-state index contributed by atoms with van der Waals surface area (Å²) in [5.41, 5.74) is 0.989. The number of anilines is 1. The normalized spacial score (nSPS) is 15.8. The summed E-state index contributed by atoms with van der Waals surface area (Å²) in [5, 5.41) is 7.02. The first-order valence-electron chi connectivity index (χ1n) is 7.45. The molecule has 20 heavy (non-hydrogen) atoms. The van der Waals surface area contributed by atoms with E-state index in [0.717, 1.165) is 31.0 Å². The second-order valence-electron chi connectivity index (χ2n) is 5.30. The molecule has 1 aliphatic heterocycles. The molecule has 110 valence electrons. The Balaban J connectivity index is 1.60. The Morgan fingerprint density at radius 1 is 1.30 bits per heavy atom. The maximum atomic E-state index is 5.27. The lowest BCUT2D eigenvalue weighted by Crippen LogP contribution is -2.34. The fourth-order valence-electron chi connectivity index (χ4n) is 2.46. The largest absolute Gasteiger partial charge is 0.362 e. The average molecular weight is 292 g/mol. The Labute approximate surface area is 127 Å². The van der Waals surface area contributed by atoms with E-state index in [1.54, 1.807) is 0 Å². The van der Waals surface area contributed by atoms with Gasteiger partial charge in [-0.2, -0.15) is 0 Å². The van der Waals surface area contributed by atoms with Crippen LogP contribution in [0.25, 0.3) is 0 Å². The van der Waals surface area contributed by atoms with E-state index >= 15 is 0 Å². The van der Waals surface area contributed by atoms with E-state index in [1.165, 1.54) is 32.4 Å². The van der Waals surface area contributed by atoms with Gasteiger partial charge in [0.05, 0.1) is 0 Å². The minimum atomic E-state index is 0.654. The molecule has 2 heterocycles. The summed E-state index contributed by atoms with van der Waals surface area (Å²) in [6.45, 7) is 6.57. The van der Waals surface area contributed by atoms with E-state index in [-0.39, 0.29) is 0 Å². The molecule has 1 fully saturated rings. The molecule has 0 amide bonds. The number of nitrogens with zero attached hydrogens (tertiary/aromatic N) is 2. The molecule has 0 aliphatic carbocycles. The first-order valence-corrected chi connectivity index (χ1v) is 7.86. The summed E-state index contributed by atoms with van der Waals surface area (Å²) in [7, 11) is 0. The molecule has 1 aromatic rings. The van der Waals surface area contributed by atoms with Crippen molar-refractivity contribution in [3.05, 3.63) is 23.9 Å². The monoisotopic (exact) mass is 292 g/mol. The van der Waals surface area contributed by atoms with Gasteiger partial charge in [0, 0.05) is 12.2 Å². The fraction of sp³-hybridized carbons (Fsp3) is 0.600. The standard InChI is InChI=1S/C15H24N4S/c1-13-7-5-8-14(17-13)18-15(20)16-9-6-12-19-10-3-2-4-11-19/h5,7-8H,2-4,6,9-12H2,1H3,(H2,16,17,18,20). The molecule has 0 radical (unpaired) electrons. The molecular weight excluding hydrogens is 268 g/mol. The zero-order chi connectivity index (χ0) is 14.2. The van der Waals surface area contributed by atoms with Crippen LogP contribution in [0.3, 0.4) is 0 Å². The van der Waals surface area contributed by atoms with Gasteiger partial charge < -0.3 is 15.5 Å². The fourth-order valence-corrected chi connectivity index (χ4v) is 2.67.